The lowest BCUT2D eigenvalue weighted by atomic mass is 9.51. The standard InChI is InChI=1S/C22H26N2O8/c1-5-27-17(25)14-10-21(12-24)22(20(26)30-8-4)9-13(11-23)31-19(29-7-3)16(22)15(14)18(32-21)28-6-2/h9-10,15-16,18-19H,5-8H2,1-4H3/t15-,16-,18-,19+,21+,22-/m1/s1. The van der Waals surface area contributed by atoms with E-state index in [1.807, 2.05) is 6.07 Å². The molecule has 3 aliphatic heterocycles. The molecule has 10 heteroatoms. The number of rotatable bonds is 8. The van der Waals surface area contributed by atoms with E-state index >= 15 is 0 Å². The molecule has 0 amide bonds. The quantitative estimate of drug-likeness (QED) is 0.507. The molecule has 4 aliphatic rings. The first-order chi connectivity index (χ1) is 15.4. The van der Waals surface area contributed by atoms with Crippen LogP contribution in [0.15, 0.2) is 23.5 Å². The summed E-state index contributed by atoms with van der Waals surface area (Å²) >= 11 is 0. The minimum atomic E-state index is -2.03. The minimum Gasteiger partial charge on any atom is -0.465 e. The Kier molecular flexibility index (Phi) is 6.89. The van der Waals surface area contributed by atoms with Crippen molar-refractivity contribution in [2.45, 2.75) is 45.9 Å². The number of ether oxygens (including phenoxy) is 6. The van der Waals surface area contributed by atoms with Crippen molar-refractivity contribution < 1.29 is 38.0 Å². The summed E-state index contributed by atoms with van der Waals surface area (Å²) in [6.45, 7) is 7.29. The Morgan fingerprint density at radius 1 is 1.00 bits per heavy atom. The fourth-order valence-corrected chi connectivity index (χ4v) is 4.71. The third kappa shape index (κ3) is 3.36. The van der Waals surface area contributed by atoms with E-state index in [1.54, 1.807) is 27.7 Å². The number of nitriles is 2. The summed E-state index contributed by atoms with van der Waals surface area (Å²) in [6.07, 6.45) is 0.340. The van der Waals surface area contributed by atoms with E-state index in [4.69, 9.17) is 28.4 Å². The van der Waals surface area contributed by atoms with Crippen LogP contribution < -0.4 is 0 Å². The van der Waals surface area contributed by atoms with Gasteiger partial charge in [0.05, 0.1) is 25.0 Å². The molecule has 0 unspecified atom stereocenters. The third-order valence-electron chi connectivity index (χ3n) is 5.80. The minimum absolute atomic E-state index is 0.0265. The molecule has 4 rings (SSSR count). The van der Waals surface area contributed by atoms with E-state index in [0.717, 1.165) is 0 Å². The first kappa shape index (κ1) is 23.7. The molecule has 32 heavy (non-hydrogen) atoms. The Balaban J connectivity index is 2.36. The number of carbonyl (C=O) groups is 2. The first-order valence-corrected chi connectivity index (χ1v) is 10.6. The summed E-state index contributed by atoms with van der Waals surface area (Å²) < 4.78 is 33.9. The molecule has 0 spiro atoms. The van der Waals surface area contributed by atoms with Crippen LogP contribution in [0, 0.1) is 39.9 Å². The van der Waals surface area contributed by atoms with Gasteiger partial charge < -0.3 is 28.4 Å². The molecule has 0 N–H and O–H groups in total. The normalized spacial score (nSPS) is 34.7. The second-order valence-corrected chi connectivity index (χ2v) is 7.31. The molecular formula is C22H26N2O8. The predicted octanol–water partition coefficient (Wildman–Crippen LogP) is 1.73. The van der Waals surface area contributed by atoms with E-state index in [-0.39, 0.29) is 37.8 Å². The maximum atomic E-state index is 13.5. The van der Waals surface area contributed by atoms with Gasteiger partial charge in [0.2, 0.25) is 6.29 Å². The second kappa shape index (κ2) is 9.29. The topological polar surface area (TPSA) is 137 Å². The molecule has 0 radical (unpaired) electrons. The maximum Gasteiger partial charge on any atom is 0.334 e. The zero-order valence-electron chi connectivity index (χ0n) is 18.5. The number of nitrogens with zero attached hydrogens (tertiary/aromatic N) is 2. The summed E-state index contributed by atoms with van der Waals surface area (Å²) in [5, 5.41) is 19.9. The van der Waals surface area contributed by atoms with E-state index in [1.165, 1.54) is 12.2 Å². The lowest BCUT2D eigenvalue weighted by Crippen LogP contribution is -2.72. The van der Waals surface area contributed by atoms with Gasteiger partial charge in [-0.2, -0.15) is 10.5 Å². The number of hydrogen-bond donors (Lipinski definition) is 0. The van der Waals surface area contributed by atoms with Crippen molar-refractivity contribution in [3.63, 3.8) is 0 Å². The van der Waals surface area contributed by atoms with Crippen molar-refractivity contribution in [1.82, 2.24) is 0 Å². The molecule has 0 aromatic rings. The van der Waals surface area contributed by atoms with Crippen molar-refractivity contribution in [2.75, 3.05) is 26.4 Å². The highest BCUT2D eigenvalue weighted by Gasteiger charge is 2.76. The Bertz CT molecular complexity index is 916. The number of esters is 2. The monoisotopic (exact) mass is 446 g/mol. The zero-order chi connectivity index (χ0) is 23.5. The molecule has 1 saturated heterocycles. The van der Waals surface area contributed by atoms with E-state index < -0.39 is 47.4 Å². The van der Waals surface area contributed by atoms with Crippen molar-refractivity contribution in [3.05, 3.63) is 23.5 Å². The van der Waals surface area contributed by atoms with Gasteiger partial charge in [-0.3, -0.25) is 4.79 Å². The molecule has 6 atom stereocenters. The highest BCUT2D eigenvalue weighted by Crippen LogP contribution is 2.62. The van der Waals surface area contributed by atoms with Crippen molar-refractivity contribution >= 4 is 11.9 Å². The molecule has 10 nitrogen and oxygen atoms in total. The number of fused-ring (bicyclic) bond motifs is 1. The van der Waals surface area contributed by atoms with Crippen LogP contribution in [0.1, 0.15) is 27.7 Å². The number of allylic oxidation sites excluding steroid dienone is 1. The highest BCUT2D eigenvalue weighted by molar-refractivity contribution is 5.93. The molecule has 1 aliphatic carbocycles. The van der Waals surface area contributed by atoms with Gasteiger partial charge in [-0.1, -0.05) is 0 Å². The van der Waals surface area contributed by atoms with Crippen LogP contribution in [0.25, 0.3) is 0 Å². The van der Waals surface area contributed by atoms with Crippen LogP contribution >= 0.6 is 0 Å². The van der Waals surface area contributed by atoms with Crippen molar-refractivity contribution in [2.24, 2.45) is 17.3 Å². The molecule has 3 heterocycles. The molecule has 1 fully saturated rings. The predicted molar refractivity (Wildman–Crippen MR) is 106 cm³/mol. The van der Waals surface area contributed by atoms with Gasteiger partial charge in [0, 0.05) is 18.8 Å². The average molecular weight is 446 g/mol. The maximum absolute atomic E-state index is 13.5. The first-order valence-electron chi connectivity index (χ1n) is 10.6. The molecule has 2 bridgehead atoms. The Morgan fingerprint density at radius 3 is 2.22 bits per heavy atom. The smallest absolute Gasteiger partial charge is 0.334 e. The van der Waals surface area contributed by atoms with Gasteiger partial charge in [0.15, 0.2) is 17.7 Å². The van der Waals surface area contributed by atoms with E-state index in [0.29, 0.717) is 0 Å². The van der Waals surface area contributed by atoms with Gasteiger partial charge in [-0.15, -0.1) is 0 Å². The van der Waals surface area contributed by atoms with Gasteiger partial charge in [-0.05, 0) is 39.8 Å². The zero-order valence-corrected chi connectivity index (χ0v) is 18.5. The Labute approximate surface area is 186 Å². The van der Waals surface area contributed by atoms with Crippen LogP contribution in [0.4, 0.5) is 0 Å². The van der Waals surface area contributed by atoms with Crippen LogP contribution in [-0.4, -0.2) is 56.5 Å². The molecule has 0 aromatic carbocycles. The van der Waals surface area contributed by atoms with E-state index in [9.17, 15) is 20.1 Å². The largest absolute Gasteiger partial charge is 0.465 e. The Morgan fingerprint density at radius 2 is 1.66 bits per heavy atom. The number of hydrogen-bond acceptors (Lipinski definition) is 10. The van der Waals surface area contributed by atoms with Gasteiger partial charge in [0.1, 0.15) is 17.6 Å². The third-order valence-corrected chi connectivity index (χ3v) is 5.80. The summed E-state index contributed by atoms with van der Waals surface area (Å²) in [5.41, 5.74) is -3.71. The average Bonchev–Trinajstić information content (AvgIpc) is 2.79. The molecule has 0 aromatic heterocycles. The summed E-state index contributed by atoms with van der Waals surface area (Å²) in [5.74, 6) is -3.51. The Hall–Kier alpha value is -2.92. The fourth-order valence-electron chi connectivity index (χ4n) is 4.71. The number of carbonyl (C=O) groups excluding carboxylic acids is 2. The van der Waals surface area contributed by atoms with Gasteiger partial charge in [0.25, 0.3) is 0 Å². The van der Waals surface area contributed by atoms with Crippen molar-refractivity contribution in [1.29, 1.82) is 10.5 Å². The lowest BCUT2D eigenvalue weighted by molar-refractivity contribution is -0.321. The highest BCUT2D eigenvalue weighted by atomic mass is 16.7. The summed E-state index contributed by atoms with van der Waals surface area (Å²) in [4.78, 5) is 26.4. The van der Waals surface area contributed by atoms with Gasteiger partial charge in [-0.25, -0.2) is 4.79 Å². The van der Waals surface area contributed by atoms with Gasteiger partial charge >= 0.3 is 11.9 Å². The van der Waals surface area contributed by atoms with Crippen LogP contribution in [0.5, 0.6) is 0 Å². The molecule has 172 valence electrons. The molecular weight excluding hydrogens is 420 g/mol. The summed E-state index contributed by atoms with van der Waals surface area (Å²) in [7, 11) is 0. The second-order valence-electron chi connectivity index (χ2n) is 7.31. The fraction of sp³-hybridized carbons (Fsp3) is 0.636. The lowest BCUT2D eigenvalue weighted by Gasteiger charge is -2.60. The SMILES string of the molecule is CCOC(=O)C1=C[C@@]2(C#N)O[C@@H](OCC)[C@H]1[C@@H]1[C@@H](OCC)OC(C#N)=C[C@]12C(=O)OCC. The van der Waals surface area contributed by atoms with Crippen molar-refractivity contribution in [3.8, 4) is 12.1 Å². The van der Waals surface area contributed by atoms with Crippen LogP contribution in [0.3, 0.4) is 0 Å². The van der Waals surface area contributed by atoms with Crippen LogP contribution in [0.2, 0.25) is 0 Å². The summed E-state index contributed by atoms with van der Waals surface area (Å²) in [6, 6.07) is 3.94. The molecule has 0 saturated carbocycles. The van der Waals surface area contributed by atoms with Crippen LogP contribution in [-0.2, 0) is 38.0 Å². The van der Waals surface area contributed by atoms with E-state index in [2.05, 4.69) is 6.07 Å².